The number of hydrogen-bond donors (Lipinski definition) is 2. The van der Waals surface area contributed by atoms with Crippen LogP contribution in [0.3, 0.4) is 0 Å². The molecule has 0 saturated carbocycles. The maximum absolute atomic E-state index is 13.1. The van der Waals surface area contributed by atoms with Gasteiger partial charge in [-0.1, -0.05) is 36.9 Å². The molecule has 0 bridgehead atoms. The summed E-state index contributed by atoms with van der Waals surface area (Å²) in [5.41, 5.74) is 5.77. The topological polar surface area (TPSA) is 91.9 Å². The van der Waals surface area contributed by atoms with Crippen LogP contribution >= 0.6 is 23.1 Å². The Morgan fingerprint density at radius 2 is 1.86 bits per heavy atom. The Bertz CT molecular complexity index is 1510. The number of aryl methyl sites for hydroxylation is 2. The van der Waals surface area contributed by atoms with Crippen LogP contribution in [0.2, 0.25) is 0 Å². The normalized spacial score (nSPS) is 13.8. The Labute approximate surface area is 217 Å². The van der Waals surface area contributed by atoms with E-state index in [1.54, 1.807) is 24.3 Å². The zero-order chi connectivity index (χ0) is 25.2. The predicted molar refractivity (Wildman–Crippen MR) is 147 cm³/mol. The lowest BCUT2D eigenvalue weighted by Crippen LogP contribution is -2.25. The third-order valence-corrected chi connectivity index (χ3v) is 8.68. The summed E-state index contributed by atoms with van der Waals surface area (Å²) in [5, 5.41) is 5.49. The Kier molecular flexibility index (Phi) is 7.07. The lowest BCUT2D eigenvalue weighted by molar-refractivity contribution is -0.115. The molecule has 6 nitrogen and oxygen atoms in total. The van der Waals surface area contributed by atoms with Gasteiger partial charge in [0.1, 0.15) is 4.83 Å². The monoisotopic (exact) mass is 517 g/mol. The van der Waals surface area contributed by atoms with Crippen LogP contribution in [0.5, 0.6) is 0 Å². The van der Waals surface area contributed by atoms with Gasteiger partial charge in [0.2, 0.25) is 5.91 Å². The summed E-state index contributed by atoms with van der Waals surface area (Å²) < 4.78 is 0. The number of ketones is 1. The van der Waals surface area contributed by atoms with Crippen molar-refractivity contribution in [2.24, 2.45) is 0 Å². The average Bonchev–Trinajstić information content (AvgIpc) is 3.32. The van der Waals surface area contributed by atoms with E-state index in [0.29, 0.717) is 33.0 Å². The third kappa shape index (κ3) is 5.01. The average molecular weight is 518 g/mol. The standard InChI is InChI=1S/C28H27N3O3S2/c1-3-23(25(33)29-21-12-10-17(11-13-21)16(2)32)36-28-30-26(34)24-22(15-35-27(24)31-28)20-9-8-18-6-4-5-7-19(18)14-20/h8-15,23H,3-7H2,1-2H3,(H,29,33)(H,30,31,34). The number of benzene rings is 2. The molecular formula is C28H27N3O3S2. The molecule has 1 aliphatic rings. The molecule has 1 amide bonds. The fraction of sp³-hybridized carbons (Fsp3) is 0.286. The molecule has 4 aromatic rings. The summed E-state index contributed by atoms with van der Waals surface area (Å²) in [6.07, 6.45) is 5.22. The number of hydrogen-bond acceptors (Lipinski definition) is 6. The zero-order valence-corrected chi connectivity index (χ0v) is 21.9. The van der Waals surface area contributed by atoms with Gasteiger partial charge >= 0.3 is 0 Å². The Morgan fingerprint density at radius 1 is 1.11 bits per heavy atom. The van der Waals surface area contributed by atoms with E-state index in [9.17, 15) is 14.4 Å². The molecule has 2 aromatic carbocycles. The van der Waals surface area contributed by atoms with Crippen molar-refractivity contribution in [1.82, 2.24) is 9.97 Å². The number of carbonyl (C=O) groups excluding carboxylic acids is 2. The minimum Gasteiger partial charge on any atom is -0.325 e. The van der Waals surface area contributed by atoms with Gasteiger partial charge in [0.05, 0.1) is 10.6 Å². The van der Waals surface area contributed by atoms with Crippen molar-refractivity contribution in [1.29, 1.82) is 0 Å². The minimum absolute atomic E-state index is 0.0244. The lowest BCUT2D eigenvalue weighted by atomic mass is 9.89. The van der Waals surface area contributed by atoms with E-state index in [1.807, 2.05) is 12.3 Å². The fourth-order valence-corrected chi connectivity index (χ4v) is 6.47. The van der Waals surface area contributed by atoms with Gasteiger partial charge < -0.3 is 10.3 Å². The van der Waals surface area contributed by atoms with Crippen molar-refractivity contribution in [2.45, 2.75) is 56.4 Å². The number of aromatic nitrogens is 2. The van der Waals surface area contributed by atoms with Gasteiger partial charge in [-0.15, -0.1) is 11.3 Å². The smallest absolute Gasteiger partial charge is 0.260 e. The molecule has 2 heterocycles. The first kappa shape index (κ1) is 24.5. The van der Waals surface area contributed by atoms with Crippen LogP contribution in [-0.2, 0) is 17.6 Å². The number of carbonyl (C=O) groups is 2. The highest BCUT2D eigenvalue weighted by Gasteiger charge is 2.21. The molecule has 1 aliphatic carbocycles. The largest absolute Gasteiger partial charge is 0.325 e. The number of Topliss-reactive ketones (excluding diaryl/α,β-unsaturated/α-hetero) is 1. The number of thiophene rings is 1. The van der Waals surface area contributed by atoms with Crippen molar-refractivity contribution in [2.75, 3.05) is 5.32 Å². The highest BCUT2D eigenvalue weighted by atomic mass is 32.2. The number of amides is 1. The summed E-state index contributed by atoms with van der Waals surface area (Å²) in [6.45, 7) is 3.43. The third-order valence-electron chi connectivity index (χ3n) is 6.56. The number of fused-ring (bicyclic) bond motifs is 2. The van der Waals surface area contributed by atoms with Crippen LogP contribution in [0, 0.1) is 0 Å². The molecule has 5 rings (SSSR count). The molecule has 2 N–H and O–H groups in total. The Morgan fingerprint density at radius 3 is 2.58 bits per heavy atom. The first-order valence-electron chi connectivity index (χ1n) is 12.1. The van der Waals surface area contributed by atoms with E-state index in [0.717, 1.165) is 24.0 Å². The first-order chi connectivity index (χ1) is 17.4. The van der Waals surface area contributed by atoms with Crippen LogP contribution in [0.1, 0.15) is 54.6 Å². The highest BCUT2D eigenvalue weighted by Crippen LogP contribution is 2.34. The molecule has 1 unspecified atom stereocenters. The fourth-order valence-electron chi connectivity index (χ4n) is 4.57. The van der Waals surface area contributed by atoms with Crippen LogP contribution in [0.25, 0.3) is 21.3 Å². The second-order valence-corrected chi connectivity index (χ2v) is 11.1. The number of aromatic amines is 1. The van der Waals surface area contributed by atoms with Crippen molar-refractivity contribution >= 4 is 50.7 Å². The number of nitrogens with zero attached hydrogens (tertiary/aromatic N) is 1. The molecule has 0 spiro atoms. The number of nitrogens with one attached hydrogen (secondary N) is 2. The molecule has 0 radical (unpaired) electrons. The zero-order valence-electron chi connectivity index (χ0n) is 20.2. The van der Waals surface area contributed by atoms with Crippen LogP contribution in [0.15, 0.2) is 57.8 Å². The van der Waals surface area contributed by atoms with Gasteiger partial charge in [-0.05, 0) is 80.0 Å². The lowest BCUT2D eigenvalue weighted by Gasteiger charge is -2.16. The molecule has 0 saturated heterocycles. The molecule has 2 aromatic heterocycles. The summed E-state index contributed by atoms with van der Waals surface area (Å²) in [4.78, 5) is 45.8. The summed E-state index contributed by atoms with van der Waals surface area (Å²) in [6, 6.07) is 13.3. The molecule has 36 heavy (non-hydrogen) atoms. The van der Waals surface area contributed by atoms with E-state index < -0.39 is 5.25 Å². The number of rotatable bonds is 7. The van der Waals surface area contributed by atoms with Crippen LogP contribution in [-0.4, -0.2) is 26.9 Å². The van der Waals surface area contributed by atoms with E-state index >= 15 is 0 Å². The van der Waals surface area contributed by atoms with E-state index in [-0.39, 0.29) is 17.2 Å². The maximum atomic E-state index is 13.1. The van der Waals surface area contributed by atoms with Crippen LogP contribution < -0.4 is 10.9 Å². The number of thioether (sulfide) groups is 1. The number of anilines is 1. The molecule has 184 valence electrons. The maximum Gasteiger partial charge on any atom is 0.260 e. The van der Waals surface area contributed by atoms with Gasteiger partial charge in [-0.25, -0.2) is 4.98 Å². The van der Waals surface area contributed by atoms with Gasteiger partial charge in [-0.3, -0.25) is 14.4 Å². The summed E-state index contributed by atoms with van der Waals surface area (Å²) in [7, 11) is 0. The number of H-pyrrole nitrogens is 1. The SMILES string of the molecule is CCC(Sc1nc2scc(-c3ccc4c(c3)CCCC4)c2c(=O)[nH]1)C(=O)Nc1ccc(C(C)=O)cc1. The Balaban J connectivity index is 1.36. The minimum atomic E-state index is -0.432. The summed E-state index contributed by atoms with van der Waals surface area (Å²) >= 11 is 2.70. The molecule has 0 aliphatic heterocycles. The first-order valence-corrected chi connectivity index (χ1v) is 13.9. The quantitative estimate of drug-likeness (QED) is 0.172. The molecule has 1 atom stereocenters. The molecular weight excluding hydrogens is 490 g/mol. The second-order valence-electron chi connectivity index (χ2n) is 9.03. The van der Waals surface area contributed by atoms with Gasteiger partial charge in [0, 0.05) is 22.2 Å². The Hall–Kier alpha value is -3.23. The van der Waals surface area contributed by atoms with Crippen molar-refractivity contribution in [3.8, 4) is 11.1 Å². The van der Waals surface area contributed by atoms with Crippen molar-refractivity contribution in [3.63, 3.8) is 0 Å². The molecule has 0 fully saturated rings. The molecule has 8 heteroatoms. The van der Waals surface area contributed by atoms with Gasteiger partial charge in [0.25, 0.3) is 5.56 Å². The van der Waals surface area contributed by atoms with E-state index in [4.69, 9.17) is 0 Å². The van der Waals surface area contributed by atoms with Crippen LogP contribution in [0.4, 0.5) is 5.69 Å². The van der Waals surface area contributed by atoms with Crippen molar-refractivity contribution in [3.05, 3.63) is 74.9 Å². The van der Waals surface area contributed by atoms with Gasteiger partial charge in [0.15, 0.2) is 10.9 Å². The van der Waals surface area contributed by atoms with E-state index in [1.165, 1.54) is 54.0 Å². The predicted octanol–water partition coefficient (Wildman–Crippen LogP) is 6.24. The van der Waals surface area contributed by atoms with E-state index in [2.05, 4.69) is 33.5 Å². The highest BCUT2D eigenvalue weighted by molar-refractivity contribution is 8.00. The summed E-state index contributed by atoms with van der Waals surface area (Å²) in [5.74, 6) is -0.203. The van der Waals surface area contributed by atoms with Gasteiger partial charge in [-0.2, -0.15) is 0 Å². The van der Waals surface area contributed by atoms with Crippen molar-refractivity contribution < 1.29 is 9.59 Å². The second kappa shape index (κ2) is 10.4.